The van der Waals surface area contributed by atoms with Gasteiger partial charge in [0.05, 0.1) is 20.1 Å². The van der Waals surface area contributed by atoms with E-state index in [0.717, 1.165) is 30.2 Å². The van der Waals surface area contributed by atoms with Crippen molar-refractivity contribution in [3.63, 3.8) is 0 Å². The Morgan fingerprint density at radius 2 is 1.89 bits per heavy atom. The molecule has 1 saturated heterocycles. The quantitative estimate of drug-likeness (QED) is 0.746. The molecule has 2 aliphatic rings. The average Bonchev–Trinajstić information content (AvgIpc) is 2.97. The number of ether oxygens (including phenoxy) is 2. The van der Waals surface area contributed by atoms with Gasteiger partial charge in [0, 0.05) is 41.5 Å². The third-order valence-electron chi connectivity index (χ3n) is 6.10. The Balaban J connectivity index is 1.72. The molecular formula is C22H26ClN2O3+. The number of halogens is 1. The van der Waals surface area contributed by atoms with Crippen molar-refractivity contribution in [3.8, 4) is 11.5 Å². The van der Waals surface area contributed by atoms with E-state index in [1.165, 1.54) is 5.56 Å². The second kappa shape index (κ2) is 7.30. The first kappa shape index (κ1) is 19.1. The van der Waals surface area contributed by atoms with Gasteiger partial charge >= 0.3 is 6.09 Å². The number of fused-ring (bicyclic) bond motifs is 5. The molecule has 5 nitrogen and oxygen atoms in total. The van der Waals surface area contributed by atoms with Gasteiger partial charge < -0.3 is 14.8 Å². The molecule has 1 amide bonds. The lowest BCUT2D eigenvalue weighted by atomic mass is 9.84. The van der Waals surface area contributed by atoms with Gasteiger partial charge in [-0.2, -0.15) is 0 Å². The first-order valence-corrected chi connectivity index (χ1v) is 10.1. The van der Waals surface area contributed by atoms with Gasteiger partial charge in [0.2, 0.25) is 6.23 Å². The second-order valence-electron chi connectivity index (χ2n) is 7.91. The van der Waals surface area contributed by atoms with Crippen LogP contribution in [-0.4, -0.2) is 43.5 Å². The Bertz CT molecular complexity index is 903. The summed E-state index contributed by atoms with van der Waals surface area (Å²) in [7, 11) is 2.16. The lowest BCUT2D eigenvalue weighted by Gasteiger charge is -2.35. The van der Waals surface area contributed by atoms with Crippen molar-refractivity contribution in [1.82, 2.24) is 5.32 Å². The zero-order chi connectivity index (χ0) is 19.9. The number of alkyl carbamates (subject to hydrolysis) is 1. The molecule has 148 valence electrons. The Kier molecular flexibility index (Phi) is 4.98. The van der Waals surface area contributed by atoms with Gasteiger partial charge in [-0.05, 0) is 31.2 Å². The van der Waals surface area contributed by atoms with E-state index in [0.29, 0.717) is 16.1 Å². The van der Waals surface area contributed by atoms with Gasteiger partial charge in [0.15, 0.2) is 0 Å². The zero-order valence-corrected chi connectivity index (χ0v) is 17.2. The van der Waals surface area contributed by atoms with Crippen molar-refractivity contribution in [1.29, 1.82) is 0 Å². The third kappa shape index (κ3) is 3.33. The molecule has 2 aromatic carbocycles. The fourth-order valence-corrected chi connectivity index (χ4v) is 4.70. The van der Waals surface area contributed by atoms with Crippen LogP contribution < -0.4 is 10.1 Å². The fourth-order valence-electron chi connectivity index (χ4n) is 4.52. The number of likely N-dealkylation sites (N-methyl/N-ethyl adjacent to an activating group) is 1. The minimum absolute atomic E-state index is 0.239. The molecule has 4 rings (SSSR count). The molecule has 4 unspecified atom stereocenters. The molecule has 1 fully saturated rings. The highest BCUT2D eigenvalue weighted by Gasteiger charge is 2.50. The van der Waals surface area contributed by atoms with Gasteiger partial charge in [0.1, 0.15) is 11.5 Å². The highest BCUT2D eigenvalue weighted by atomic mass is 35.5. The second-order valence-corrected chi connectivity index (χ2v) is 8.35. The number of likely N-dealkylation sites (tertiary alicyclic amines) is 1. The largest absolute Gasteiger partial charge is 0.457 e. The molecule has 0 bridgehead atoms. The highest BCUT2D eigenvalue weighted by Crippen LogP contribution is 2.52. The van der Waals surface area contributed by atoms with E-state index in [2.05, 4.69) is 24.5 Å². The van der Waals surface area contributed by atoms with E-state index in [9.17, 15) is 4.79 Å². The van der Waals surface area contributed by atoms with Crippen LogP contribution in [0.1, 0.15) is 36.8 Å². The SMILES string of the molecule is CCNC(=O)OC(C)[N+]1(C)CC2c3ccccc3Oc3ccc(Cl)cc3C2C1. The van der Waals surface area contributed by atoms with Gasteiger partial charge in [-0.15, -0.1) is 0 Å². The molecule has 0 radical (unpaired) electrons. The average molecular weight is 402 g/mol. The number of rotatable bonds is 3. The van der Waals surface area contributed by atoms with Gasteiger partial charge in [-0.1, -0.05) is 29.8 Å². The molecule has 0 saturated carbocycles. The maximum atomic E-state index is 12.0. The molecular weight excluding hydrogens is 376 g/mol. The lowest BCUT2D eigenvalue weighted by Crippen LogP contribution is -2.52. The summed E-state index contributed by atoms with van der Waals surface area (Å²) in [5, 5.41) is 3.43. The number of benzene rings is 2. The Morgan fingerprint density at radius 1 is 1.21 bits per heavy atom. The maximum absolute atomic E-state index is 12.0. The minimum Gasteiger partial charge on any atom is -0.457 e. The smallest absolute Gasteiger partial charge is 0.411 e. The predicted octanol–water partition coefficient (Wildman–Crippen LogP) is 4.87. The van der Waals surface area contributed by atoms with Crippen LogP contribution in [0.25, 0.3) is 0 Å². The molecule has 6 heteroatoms. The fraction of sp³-hybridized carbons (Fsp3) is 0.409. The summed E-state index contributed by atoms with van der Waals surface area (Å²) < 4.78 is 12.6. The molecule has 0 spiro atoms. The molecule has 2 aliphatic heterocycles. The van der Waals surface area contributed by atoms with Crippen LogP contribution >= 0.6 is 11.6 Å². The van der Waals surface area contributed by atoms with Gasteiger partial charge in [-0.3, -0.25) is 4.48 Å². The van der Waals surface area contributed by atoms with E-state index in [1.54, 1.807) is 0 Å². The summed E-state index contributed by atoms with van der Waals surface area (Å²) in [6, 6.07) is 14.1. The van der Waals surface area contributed by atoms with Crippen LogP contribution in [0.3, 0.4) is 0 Å². The van der Waals surface area contributed by atoms with Gasteiger partial charge in [-0.25, -0.2) is 4.79 Å². The van der Waals surface area contributed by atoms with E-state index in [-0.39, 0.29) is 24.2 Å². The third-order valence-corrected chi connectivity index (χ3v) is 6.33. The summed E-state index contributed by atoms with van der Waals surface area (Å²) in [5.74, 6) is 2.25. The molecule has 2 heterocycles. The predicted molar refractivity (Wildman–Crippen MR) is 109 cm³/mol. The first-order chi connectivity index (χ1) is 13.4. The minimum atomic E-state index is -0.367. The van der Waals surface area contributed by atoms with Crippen LogP contribution in [0, 0.1) is 0 Å². The van der Waals surface area contributed by atoms with E-state index < -0.39 is 0 Å². The zero-order valence-electron chi connectivity index (χ0n) is 16.4. The molecule has 0 aromatic heterocycles. The van der Waals surface area contributed by atoms with E-state index >= 15 is 0 Å². The molecule has 1 N–H and O–H groups in total. The molecule has 4 atom stereocenters. The van der Waals surface area contributed by atoms with Gasteiger partial charge in [0.25, 0.3) is 0 Å². The summed E-state index contributed by atoms with van der Waals surface area (Å²) in [5.41, 5.74) is 2.33. The summed E-state index contributed by atoms with van der Waals surface area (Å²) >= 11 is 6.33. The van der Waals surface area contributed by atoms with Crippen molar-refractivity contribution in [2.24, 2.45) is 0 Å². The van der Waals surface area contributed by atoms with Crippen LogP contribution in [0.15, 0.2) is 42.5 Å². The number of amides is 1. The number of carbonyl (C=O) groups excluding carboxylic acids is 1. The summed E-state index contributed by atoms with van der Waals surface area (Å²) in [6.45, 7) is 6.11. The number of hydrogen-bond donors (Lipinski definition) is 1. The number of quaternary nitrogens is 1. The molecule has 0 aliphatic carbocycles. The van der Waals surface area contributed by atoms with Crippen molar-refractivity contribution in [3.05, 3.63) is 58.6 Å². The van der Waals surface area contributed by atoms with Crippen molar-refractivity contribution < 1.29 is 18.8 Å². The monoisotopic (exact) mass is 401 g/mol. The van der Waals surface area contributed by atoms with Crippen LogP contribution in [0.2, 0.25) is 5.02 Å². The molecule has 2 aromatic rings. The number of hydrogen-bond acceptors (Lipinski definition) is 3. The van der Waals surface area contributed by atoms with E-state index in [1.807, 2.05) is 44.2 Å². The van der Waals surface area contributed by atoms with Crippen molar-refractivity contribution in [2.75, 3.05) is 26.7 Å². The first-order valence-electron chi connectivity index (χ1n) is 9.76. The normalized spacial score (nSPS) is 26.1. The van der Waals surface area contributed by atoms with E-state index in [4.69, 9.17) is 21.1 Å². The Hall–Kier alpha value is -2.24. The van der Waals surface area contributed by atoms with Crippen molar-refractivity contribution in [2.45, 2.75) is 31.9 Å². The summed E-state index contributed by atoms with van der Waals surface area (Å²) in [4.78, 5) is 12.0. The van der Waals surface area contributed by atoms with Crippen LogP contribution in [0.5, 0.6) is 11.5 Å². The van der Waals surface area contributed by atoms with Crippen molar-refractivity contribution >= 4 is 17.7 Å². The number of carbonyl (C=O) groups is 1. The van der Waals surface area contributed by atoms with Crippen LogP contribution in [-0.2, 0) is 4.74 Å². The highest BCUT2D eigenvalue weighted by molar-refractivity contribution is 6.30. The molecule has 28 heavy (non-hydrogen) atoms. The lowest BCUT2D eigenvalue weighted by molar-refractivity contribution is -0.940. The van der Waals surface area contributed by atoms with Crippen LogP contribution in [0.4, 0.5) is 4.79 Å². The standard InChI is InChI=1S/C22H25ClN2O3/c1-4-24-22(26)27-14(2)25(3)12-18-16-7-5-6-8-20(16)28-21-10-9-15(23)11-17(21)19(18)13-25/h5-11,14,18-19H,4,12-13H2,1-3H3/p+1. The number of nitrogens with one attached hydrogen (secondary N) is 1. The number of nitrogens with zero attached hydrogens (tertiary/aromatic N) is 1. The Morgan fingerprint density at radius 3 is 2.64 bits per heavy atom. The maximum Gasteiger partial charge on any atom is 0.411 e. The topological polar surface area (TPSA) is 47.6 Å². The Labute approximate surface area is 170 Å². The summed E-state index contributed by atoms with van der Waals surface area (Å²) in [6.07, 6.45) is -0.622. The number of para-hydroxylation sites is 1.